The van der Waals surface area contributed by atoms with Crippen LogP contribution in [-0.2, 0) is 4.79 Å². The molecular formula is C18H20N6O2. The molecule has 4 rings (SSSR count). The van der Waals surface area contributed by atoms with Gasteiger partial charge in [-0.1, -0.05) is 18.2 Å². The van der Waals surface area contributed by atoms with Crippen molar-refractivity contribution in [2.45, 2.75) is 25.4 Å². The number of benzene rings is 1. The number of rotatable bonds is 4. The molecule has 8 heteroatoms. The third-order valence-corrected chi connectivity index (χ3v) is 4.27. The van der Waals surface area contributed by atoms with Crippen LogP contribution in [0.15, 0.2) is 47.7 Å². The minimum Gasteiger partial charge on any atom is -0.474 e. The molecule has 2 aliphatic heterocycles. The van der Waals surface area contributed by atoms with Gasteiger partial charge in [0.1, 0.15) is 18.3 Å². The molecule has 1 aromatic heterocycles. The number of ether oxygens (including phenoxy) is 1. The molecule has 0 saturated carbocycles. The van der Waals surface area contributed by atoms with E-state index in [-0.39, 0.29) is 18.4 Å². The van der Waals surface area contributed by atoms with Crippen molar-refractivity contribution in [2.24, 2.45) is 4.99 Å². The molecule has 0 spiro atoms. The maximum absolute atomic E-state index is 12.2. The number of hydrazine groups is 1. The van der Waals surface area contributed by atoms with Crippen LogP contribution in [-0.4, -0.2) is 40.9 Å². The number of para-hydroxylation sites is 1. The van der Waals surface area contributed by atoms with E-state index in [0.717, 1.165) is 31.6 Å². The lowest BCUT2D eigenvalue weighted by molar-refractivity contribution is -0.116. The number of anilines is 1. The van der Waals surface area contributed by atoms with E-state index < -0.39 is 0 Å². The molecular weight excluding hydrogens is 332 g/mol. The lowest BCUT2D eigenvalue weighted by Gasteiger charge is -2.23. The lowest BCUT2D eigenvalue weighted by Crippen LogP contribution is -2.35. The third kappa shape index (κ3) is 3.80. The van der Waals surface area contributed by atoms with Crippen LogP contribution >= 0.6 is 0 Å². The first-order valence-corrected chi connectivity index (χ1v) is 8.69. The molecule has 2 N–H and O–H groups in total. The van der Waals surface area contributed by atoms with Crippen LogP contribution < -0.4 is 20.5 Å². The zero-order chi connectivity index (χ0) is 17.8. The molecule has 8 nitrogen and oxygen atoms in total. The van der Waals surface area contributed by atoms with Gasteiger partial charge in [0.2, 0.25) is 5.88 Å². The van der Waals surface area contributed by atoms with Gasteiger partial charge in [0.25, 0.3) is 5.91 Å². The molecule has 26 heavy (non-hydrogen) atoms. The minimum atomic E-state index is -0.0600. The predicted octanol–water partition coefficient (Wildman–Crippen LogP) is 1.58. The lowest BCUT2D eigenvalue weighted by atomic mass is 10.1. The number of hydrogen-bond donors (Lipinski definition) is 2. The smallest absolute Gasteiger partial charge is 0.253 e. The van der Waals surface area contributed by atoms with E-state index in [4.69, 9.17) is 4.74 Å². The van der Waals surface area contributed by atoms with Gasteiger partial charge in [-0.05, 0) is 38.1 Å². The number of carbonyl (C=O) groups excluding carboxylic acids is 1. The number of nitrogens with zero attached hydrogens (tertiary/aromatic N) is 4. The summed E-state index contributed by atoms with van der Waals surface area (Å²) in [4.78, 5) is 25.0. The van der Waals surface area contributed by atoms with Crippen molar-refractivity contribution in [3.05, 3.63) is 42.7 Å². The molecule has 0 bridgehead atoms. The van der Waals surface area contributed by atoms with E-state index in [1.54, 1.807) is 6.07 Å². The topological polar surface area (TPSA) is 91.7 Å². The SMILES string of the molecule is O=C1C/C(=N\c2cc(OC3CCNCC3)ncn2)NN1c1ccccc1. The van der Waals surface area contributed by atoms with Crippen LogP contribution in [0.2, 0.25) is 0 Å². The van der Waals surface area contributed by atoms with E-state index in [2.05, 4.69) is 25.7 Å². The molecule has 2 fully saturated rings. The number of hydrogen-bond acceptors (Lipinski definition) is 6. The van der Waals surface area contributed by atoms with Gasteiger partial charge in [-0.3, -0.25) is 10.2 Å². The summed E-state index contributed by atoms with van der Waals surface area (Å²) < 4.78 is 5.91. The van der Waals surface area contributed by atoms with Gasteiger partial charge in [-0.15, -0.1) is 0 Å². The highest BCUT2D eigenvalue weighted by molar-refractivity contribution is 6.14. The fourth-order valence-corrected chi connectivity index (χ4v) is 2.98. The Morgan fingerprint density at radius 3 is 2.77 bits per heavy atom. The second-order valence-corrected chi connectivity index (χ2v) is 6.19. The van der Waals surface area contributed by atoms with Crippen LogP contribution in [0.25, 0.3) is 0 Å². The monoisotopic (exact) mass is 352 g/mol. The second kappa shape index (κ2) is 7.49. The Balaban J connectivity index is 1.46. The van der Waals surface area contributed by atoms with Gasteiger partial charge < -0.3 is 10.1 Å². The molecule has 2 aliphatic rings. The third-order valence-electron chi connectivity index (χ3n) is 4.27. The summed E-state index contributed by atoms with van der Waals surface area (Å²) in [6, 6.07) is 11.1. The molecule has 1 amide bonds. The second-order valence-electron chi connectivity index (χ2n) is 6.19. The molecule has 0 atom stereocenters. The van der Waals surface area contributed by atoms with E-state index >= 15 is 0 Å². The first-order chi connectivity index (χ1) is 12.8. The number of amidine groups is 1. The van der Waals surface area contributed by atoms with Gasteiger partial charge in [-0.25, -0.2) is 20.0 Å². The van der Waals surface area contributed by atoms with Crippen molar-refractivity contribution in [1.82, 2.24) is 20.7 Å². The molecule has 2 saturated heterocycles. The van der Waals surface area contributed by atoms with Crippen LogP contribution in [0.1, 0.15) is 19.3 Å². The first-order valence-electron chi connectivity index (χ1n) is 8.69. The number of nitrogens with one attached hydrogen (secondary N) is 2. The number of aliphatic imine (C=N–C) groups is 1. The summed E-state index contributed by atoms with van der Waals surface area (Å²) in [6.07, 6.45) is 3.70. The average molecular weight is 352 g/mol. The summed E-state index contributed by atoms with van der Waals surface area (Å²) in [5.74, 6) is 1.46. The van der Waals surface area contributed by atoms with Gasteiger partial charge in [0.05, 0.1) is 12.1 Å². The Morgan fingerprint density at radius 2 is 1.96 bits per heavy atom. The minimum absolute atomic E-state index is 0.0600. The number of piperidine rings is 1. The number of amides is 1. The molecule has 0 radical (unpaired) electrons. The Labute approximate surface area is 151 Å². The van der Waals surface area contributed by atoms with E-state index in [0.29, 0.717) is 17.5 Å². The number of carbonyl (C=O) groups is 1. The largest absolute Gasteiger partial charge is 0.474 e. The highest BCUT2D eigenvalue weighted by Gasteiger charge is 2.27. The van der Waals surface area contributed by atoms with Gasteiger partial charge >= 0.3 is 0 Å². The molecule has 2 aromatic rings. The average Bonchev–Trinajstić information content (AvgIpc) is 3.04. The summed E-state index contributed by atoms with van der Waals surface area (Å²) in [5, 5.41) is 4.79. The summed E-state index contributed by atoms with van der Waals surface area (Å²) in [6.45, 7) is 1.90. The summed E-state index contributed by atoms with van der Waals surface area (Å²) >= 11 is 0. The van der Waals surface area contributed by atoms with E-state index in [1.807, 2.05) is 30.3 Å². The highest BCUT2D eigenvalue weighted by atomic mass is 16.5. The van der Waals surface area contributed by atoms with Crippen molar-refractivity contribution in [2.75, 3.05) is 18.1 Å². The Morgan fingerprint density at radius 1 is 1.15 bits per heavy atom. The molecule has 0 aliphatic carbocycles. The van der Waals surface area contributed by atoms with E-state index in [1.165, 1.54) is 11.3 Å². The Hall–Kier alpha value is -3.00. The van der Waals surface area contributed by atoms with Gasteiger partial charge in [0, 0.05) is 6.07 Å². The Kier molecular flexibility index (Phi) is 4.74. The maximum atomic E-state index is 12.2. The van der Waals surface area contributed by atoms with Crippen molar-refractivity contribution in [3.63, 3.8) is 0 Å². The normalized spacial score (nSPS) is 19.6. The van der Waals surface area contributed by atoms with Gasteiger partial charge in [-0.2, -0.15) is 0 Å². The number of aromatic nitrogens is 2. The molecule has 1 aromatic carbocycles. The predicted molar refractivity (Wildman–Crippen MR) is 97.3 cm³/mol. The first kappa shape index (κ1) is 16.5. The van der Waals surface area contributed by atoms with Crippen molar-refractivity contribution >= 4 is 23.2 Å². The fraction of sp³-hybridized carbons (Fsp3) is 0.333. The fourth-order valence-electron chi connectivity index (χ4n) is 2.98. The standard InChI is InChI=1S/C18H20N6O2/c25-18-11-16(23-24(18)13-4-2-1-3-5-13)22-15-10-17(21-12-20-15)26-14-6-8-19-9-7-14/h1-5,10,12,14,19H,6-9,11H2,(H,20,21,22,23). The molecule has 3 heterocycles. The molecule has 0 unspecified atom stereocenters. The van der Waals surface area contributed by atoms with Crippen molar-refractivity contribution < 1.29 is 9.53 Å². The van der Waals surface area contributed by atoms with E-state index in [9.17, 15) is 4.79 Å². The quantitative estimate of drug-likeness (QED) is 0.868. The Bertz CT molecular complexity index is 804. The van der Waals surface area contributed by atoms with Crippen LogP contribution in [0, 0.1) is 0 Å². The van der Waals surface area contributed by atoms with Crippen LogP contribution in [0.5, 0.6) is 5.88 Å². The maximum Gasteiger partial charge on any atom is 0.253 e. The van der Waals surface area contributed by atoms with Gasteiger partial charge in [0.15, 0.2) is 5.82 Å². The van der Waals surface area contributed by atoms with Crippen LogP contribution in [0.3, 0.4) is 0 Å². The summed E-state index contributed by atoms with van der Waals surface area (Å²) in [5.41, 5.74) is 3.81. The van der Waals surface area contributed by atoms with Crippen LogP contribution in [0.4, 0.5) is 11.5 Å². The van der Waals surface area contributed by atoms with Crippen molar-refractivity contribution in [3.8, 4) is 5.88 Å². The zero-order valence-corrected chi connectivity index (χ0v) is 14.3. The van der Waals surface area contributed by atoms with Crippen molar-refractivity contribution in [1.29, 1.82) is 0 Å². The molecule has 134 valence electrons. The zero-order valence-electron chi connectivity index (χ0n) is 14.3. The summed E-state index contributed by atoms with van der Waals surface area (Å²) in [7, 11) is 0. The highest BCUT2D eigenvalue weighted by Crippen LogP contribution is 2.21.